The Labute approximate surface area is 74.7 Å². The second-order valence-electron chi connectivity index (χ2n) is 2.54. The summed E-state index contributed by atoms with van der Waals surface area (Å²) in [5, 5.41) is 43.9. The van der Waals surface area contributed by atoms with Crippen LogP contribution in [0, 0.1) is 11.3 Å². The van der Waals surface area contributed by atoms with Gasteiger partial charge in [0.25, 0.3) is 0 Å². The Morgan fingerprint density at radius 2 is 1.77 bits per heavy atom. The van der Waals surface area contributed by atoms with Crippen molar-refractivity contribution >= 4 is 6.29 Å². The van der Waals surface area contributed by atoms with E-state index in [1.807, 2.05) is 0 Å². The van der Waals surface area contributed by atoms with Crippen LogP contribution in [0.2, 0.25) is 0 Å². The van der Waals surface area contributed by atoms with Gasteiger partial charge in [0.2, 0.25) is 0 Å². The normalized spacial score (nSPS) is 19.6. The van der Waals surface area contributed by atoms with Crippen LogP contribution in [0.15, 0.2) is 0 Å². The van der Waals surface area contributed by atoms with Gasteiger partial charge in [-0.1, -0.05) is 0 Å². The van der Waals surface area contributed by atoms with Crippen LogP contribution in [0.5, 0.6) is 0 Å². The zero-order chi connectivity index (χ0) is 10.4. The fourth-order valence-corrected chi connectivity index (χ4v) is 0.724. The number of nitrogens with zero attached hydrogens (tertiary/aromatic N) is 1. The molecule has 0 saturated heterocycles. The number of aldehydes is 1. The predicted molar refractivity (Wildman–Crippen MR) is 40.3 cm³/mol. The fraction of sp³-hybridized carbons (Fsp3) is 0.714. The molecular formula is C7H11NO5. The summed E-state index contributed by atoms with van der Waals surface area (Å²) in [6.07, 6.45) is -7.07. The molecule has 0 spiro atoms. The van der Waals surface area contributed by atoms with Gasteiger partial charge in [0, 0.05) is 0 Å². The summed E-state index contributed by atoms with van der Waals surface area (Å²) in [6, 6.07) is 1.57. The van der Waals surface area contributed by atoms with Gasteiger partial charge in [-0.05, 0) is 0 Å². The van der Waals surface area contributed by atoms with Gasteiger partial charge in [-0.2, -0.15) is 5.26 Å². The first kappa shape index (κ1) is 12.0. The number of hydrogen-bond acceptors (Lipinski definition) is 6. The van der Waals surface area contributed by atoms with Crippen LogP contribution in [0.1, 0.15) is 6.42 Å². The van der Waals surface area contributed by atoms with Crippen molar-refractivity contribution in [3.05, 3.63) is 0 Å². The summed E-state index contributed by atoms with van der Waals surface area (Å²) in [4.78, 5) is 9.96. The van der Waals surface area contributed by atoms with Crippen LogP contribution in [0.4, 0.5) is 0 Å². The molecule has 0 aromatic rings. The van der Waals surface area contributed by atoms with Crippen molar-refractivity contribution in [2.24, 2.45) is 0 Å². The third-order valence-corrected chi connectivity index (χ3v) is 1.53. The number of carbonyl (C=O) groups is 1. The number of carbonyl (C=O) groups excluding carboxylic acids is 1. The van der Waals surface area contributed by atoms with Crippen LogP contribution >= 0.6 is 0 Å². The third kappa shape index (κ3) is 3.48. The van der Waals surface area contributed by atoms with E-state index in [2.05, 4.69) is 0 Å². The summed E-state index contributed by atoms with van der Waals surface area (Å²) in [5.41, 5.74) is 0. The first-order chi connectivity index (χ1) is 6.04. The smallest absolute Gasteiger partial charge is 0.151 e. The van der Waals surface area contributed by atoms with Crippen LogP contribution in [0.25, 0.3) is 0 Å². The monoisotopic (exact) mass is 189 g/mol. The van der Waals surface area contributed by atoms with Crippen molar-refractivity contribution in [1.82, 2.24) is 0 Å². The Balaban J connectivity index is 4.16. The molecule has 0 rings (SSSR count). The lowest BCUT2D eigenvalue weighted by atomic mass is 10.0. The zero-order valence-electron chi connectivity index (χ0n) is 6.74. The Hall–Kier alpha value is -1.00. The third-order valence-electron chi connectivity index (χ3n) is 1.53. The second-order valence-corrected chi connectivity index (χ2v) is 2.54. The van der Waals surface area contributed by atoms with E-state index in [9.17, 15) is 4.79 Å². The van der Waals surface area contributed by atoms with Gasteiger partial charge in [-0.15, -0.1) is 0 Å². The van der Waals surface area contributed by atoms with Gasteiger partial charge in [-0.25, -0.2) is 0 Å². The summed E-state index contributed by atoms with van der Waals surface area (Å²) in [7, 11) is 0. The quantitative estimate of drug-likeness (QED) is 0.356. The first-order valence-electron chi connectivity index (χ1n) is 3.59. The molecule has 0 bridgehead atoms. The van der Waals surface area contributed by atoms with E-state index in [0.717, 1.165) is 0 Å². The maximum atomic E-state index is 9.96. The molecule has 0 radical (unpaired) electrons. The van der Waals surface area contributed by atoms with E-state index >= 15 is 0 Å². The average Bonchev–Trinajstić information content (AvgIpc) is 2.14. The lowest BCUT2D eigenvalue weighted by Gasteiger charge is -2.22. The molecule has 0 aliphatic heterocycles. The molecule has 0 saturated carbocycles. The van der Waals surface area contributed by atoms with Crippen LogP contribution in [-0.2, 0) is 4.79 Å². The molecule has 0 unspecified atom stereocenters. The molecule has 74 valence electrons. The molecule has 6 heteroatoms. The number of aliphatic hydroxyl groups excluding tert-OH is 4. The minimum atomic E-state index is -1.78. The lowest BCUT2D eigenvalue weighted by Crippen LogP contribution is -2.44. The van der Waals surface area contributed by atoms with Gasteiger partial charge < -0.3 is 25.2 Å². The summed E-state index contributed by atoms with van der Waals surface area (Å²) < 4.78 is 0. The van der Waals surface area contributed by atoms with Crippen molar-refractivity contribution in [3.8, 4) is 6.07 Å². The molecule has 4 N–H and O–H groups in total. The van der Waals surface area contributed by atoms with Gasteiger partial charge >= 0.3 is 0 Å². The fourth-order valence-electron chi connectivity index (χ4n) is 0.724. The van der Waals surface area contributed by atoms with Crippen LogP contribution in [-0.4, -0.2) is 51.1 Å². The summed E-state index contributed by atoms with van der Waals surface area (Å²) in [5.74, 6) is 0. The average molecular weight is 189 g/mol. The van der Waals surface area contributed by atoms with Gasteiger partial charge in [0.05, 0.1) is 18.6 Å². The SMILES string of the molecule is N#CC[C@H](O)[C@@H](O)[C@@H](O)[C@H](O)C=O. The molecule has 0 aliphatic carbocycles. The highest BCUT2D eigenvalue weighted by Gasteiger charge is 2.29. The summed E-state index contributed by atoms with van der Waals surface area (Å²) >= 11 is 0. The first-order valence-corrected chi connectivity index (χ1v) is 3.59. The maximum Gasteiger partial charge on any atom is 0.151 e. The van der Waals surface area contributed by atoms with E-state index in [-0.39, 0.29) is 12.7 Å². The lowest BCUT2D eigenvalue weighted by molar-refractivity contribution is -0.133. The summed E-state index contributed by atoms with van der Waals surface area (Å²) in [6.45, 7) is 0. The molecular weight excluding hydrogens is 178 g/mol. The predicted octanol–water partition coefficient (Wildman–Crippen LogP) is -2.46. The highest BCUT2D eigenvalue weighted by molar-refractivity contribution is 5.56. The maximum absolute atomic E-state index is 9.96. The molecule has 6 nitrogen and oxygen atoms in total. The Morgan fingerprint density at radius 3 is 2.15 bits per heavy atom. The van der Waals surface area contributed by atoms with Gasteiger partial charge in [-0.3, -0.25) is 0 Å². The topological polar surface area (TPSA) is 122 Å². The highest BCUT2D eigenvalue weighted by Crippen LogP contribution is 2.06. The Kier molecular flexibility index (Phi) is 5.18. The number of rotatable bonds is 5. The molecule has 0 fully saturated rings. The molecule has 0 aromatic heterocycles. The van der Waals surface area contributed by atoms with E-state index in [0.29, 0.717) is 0 Å². The Morgan fingerprint density at radius 1 is 1.23 bits per heavy atom. The van der Waals surface area contributed by atoms with Crippen molar-refractivity contribution in [1.29, 1.82) is 5.26 Å². The molecule has 13 heavy (non-hydrogen) atoms. The van der Waals surface area contributed by atoms with Crippen molar-refractivity contribution < 1.29 is 25.2 Å². The van der Waals surface area contributed by atoms with E-state index < -0.39 is 24.4 Å². The molecule has 0 amide bonds. The van der Waals surface area contributed by atoms with Crippen LogP contribution < -0.4 is 0 Å². The minimum Gasteiger partial charge on any atom is -0.389 e. The number of hydrogen-bond donors (Lipinski definition) is 4. The molecule has 4 atom stereocenters. The van der Waals surface area contributed by atoms with Crippen molar-refractivity contribution in [2.45, 2.75) is 30.8 Å². The number of nitriles is 1. The van der Waals surface area contributed by atoms with Gasteiger partial charge in [0.15, 0.2) is 6.29 Å². The van der Waals surface area contributed by atoms with E-state index in [1.54, 1.807) is 6.07 Å². The highest BCUT2D eigenvalue weighted by atomic mass is 16.4. The minimum absolute atomic E-state index is 0.0347. The molecule has 0 aliphatic rings. The number of aliphatic hydroxyl groups is 4. The van der Waals surface area contributed by atoms with Crippen molar-refractivity contribution in [2.75, 3.05) is 0 Å². The van der Waals surface area contributed by atoms with E-state index in [4.69, 9.17) is 25.7 Å². The van der Waals surface area contributed by atoms with Crippen molar-refractivity contribution in [3.63, 3.8) is 0 Å². The largest absolute Gasteiger partial charge is 0.389 e. The zero-order valence-corrected chi connectivity index (χ0v) is 6.74. The standard InChI is InChI=1S/C7H11NO5/c8-2-1-4(10)6(12)7(13)5(11)3-9/h3-7,10-13H,1H2/t4-,5+,6+,7-/m0/s1. The molecule has 0 heterocycles. The second kappa shape index (κ2) is 5.61. The Bertz CT molecular complexity index is 202. The van der Waals surface area contributed by atoms with E-state index in [1.165, 1.54) is 0 Å². The van der Waals surface area contributed by atoms with Crippen LogP contribution in [0.3, 0.4) is 0 Å². The van der Waals surface area contributed by atoms with Gasteiger partial charge in [0.1, 0.15) is 18.3 Å². The molecule has 0 aromatic carbocycles.